The summed E-state index contributed by atoms with van der Waals surface area (Å²) in [5, 5.41) is 7.42. The minimum Gasteiger partial charge on any atom is -0.269 e. The van der Waals surface area contributed by atoms with Gasteiger partial charge in [0.2, 0.25) is 0 Å². The summed E-state index contributed by atoms with van der Waals surface area (Å²) in [5.74, 6) is 0.915. The lowest BCUT2D eigenvalue weighted by Crippen LogP contribution is -2.09. The van der Waals surface area contributed by atoms with Gasteiger partial charge in [-0.3, -0.25) is 4.57 Å². The Hall–Kier alpha value is -1.40. The highest BCUT2D eigenvalue weighted by molar-refractivity contribution is 8.13. The molecule has 0 N–H and O–H groups in total. The molecule has 0 amide bonds. The lowest BCUT2D eigenvalue weighted by atomic mass is 10.1. The van der Waals surface area contributed by atoms with Crippen LogP contribution in [0.1, 0.15) is 19.7 Å². The first-order chi connectivity index (χ1) is 8.89. The van der Waals surface area contributed by atoms with Crippen LogP contribution in [0.4, 0.5) is 0 Å². The number of hydrogen-bond acceptors (Lipinski definition) is 4. The second kappa shape index (κ2) is 5.30. The smallest absolute Gasteiger partial charge is 0.269 e. The molecule has 0 saturated carbocycles. The van der Waals surface area contributed by atoms with Crippen LogP contribution in [0.15, 0.2) is 35.5 Å². The standard InChI is InChI=1S/C12H14ClN3O2S/c1-9(2)8-11-14-15-12(19(13,17)18)16(11)10-6-4-3-5-7-10/h3-7,9H,8H2,1-2H3. The van der Waals surface area contributed by atoms with E-state index in [1.165, 1.54) is 4.57 Å². The second-order valence-electron chi connectivity index (χ2n) is 4.61. The summed E-state index contributed by atoms with van der Waals surface area (Å²) in [4.78, 5) is 0. The van der Waals surface area contributed by atoms with Crippen molar-refractivity contribution in [3.8, 4) is 5.69 Å². The molecular formula is C12H14ClN3O2S. The maximum atomic E-state index is 11.6. The Kier molecular flexibility index (Phi) is 3.91. The van der Waals surface area contributed by atoms with Gasteiger partial charge in [-0.1, -0.05) is 32.0 Å². The number of rotatable bonds is 4. The van der Waals surface area contributed by atoms with Gasteiger partial charge in [0.1, 0.15) is 5.82 Å². The molecule has 7 heteroatoms. The van der Waals surface area contributed by atoms with Crippen molar-refractivity contribution in [1.82, 2.24) is 14.8 Å². The van der Waals surface area contributed by atoms with Crippen LogP contribution in [-0.4, -0.2) is 23.2 Å². The number of para-hydroxylation sites is 1. The van der Waals surface area contributed by atoms with E-state index < -0.39 is 9.05 Å². The maximum absolute atomic E-state index is 11.6. The summed E-state index contributed by atoms with van der Waals surface area (Å²) >= 11 is 0. The molecule has 0 bridgehead atoms. The van der Waals surface area contributed by atoms with Gasteiger partial charge in [0.15, 0.2) is 0 Å². The minimum absolute atomic E-state index is 0.240. The summed E-state index contributed by atoms with van der Waals surface area (Å²) in [6, 6.07) is 9.07. The van der Waals surface area contributed by atoms with Gasteiger partial charge in [-0.25, -0.2) is 8.42 Å². The zero-order valence-corrected chi connectivity index (χ0v) is 12.2. The van der Waals surface area contributed by atoms with Crippen molar-refractivity contribution in [3.63, 3.8) is 0 Å². The molecule has 19 heavy (non-hydrogen) atoms. The van der Waals surface area contributed by atoms with E-state index in [0.717, 1.165) is 0 Å². The quantitative estimate of drug-likeness (QED) is 0.813. The van der Waals surface area contributed by atoms with Crippen LogP contribution in [0, 0.1) is 5.92 Å². The average Bonchev–Trinajstić information content (AvgIpc) is 2.72. The highest BCUT2D eigenvalue weighted by Crippen LogP contribution is 2.21. The molecule has 2 aromatic rings. The first-order valence-corrected chi connectivity index (χ1v) is 8.15. The molecule has 0 saturated heterocycles. The summed E-state index contributed by atoms with van der Waals surface area (Å²) in [6.07, 6.45) is 0.619. The fraction of sp³-hybridized carbons (Fsp3) is 0.333. The maximum Gasteiger partial charge on any atom is 0.297 e. The normalized spacial score (nSPS) is 12.0. The highest BCUT2D eigenvalue weighted by atomic mass is 35.7. The van der Waals surface area contributed by atoms with E-state index in [1.807, 2.05) is 32.0 Å². The van der Waals surface area contributed by atoms with Crippen LogP contribution >= 0.6 is 10.7 Å². The zero-order chi connectivity index (χ0) is 14.0. The Morgan fingerprint density at radius 1 is 1.21 bits per heavy atom. The van der Waals surface area contributed by atoms with E-state index >= 15 is 0 Å². The monoisotopic (exact) mass is 299 g/mol. The van der Waals surface area contributed by atoms with Crippen LogP contribution in [-0.2, 0) is 15.5 Å². The van der Waals surface area contributed by atoms with E-state index in [2.05, 4.69) is 10.2 Å². The Balaban J connectivity index is 2.63. The molecule has 0 spiro atoms. The second-order valence-corrected chi connectivity index (χ2v) is 7.07. The molecule has 1 aromatic carbocycles. The van der Waals surface area contributed by atoms with Crippen molar-refractivity contribution in [2.24, 2.45) is 5.92 Å². The summed E-state index contributed by atoms with van der Waals surface area (Å²) < 4.78 is 24.6. The number of halogens is 1. The summed E-state index contributed by atoms with van der Waals surface area (Å²) in [5.41, 5.74) is 0.683. The summed E-state index contributed by atoms with van der Waals surface area (Å²) in [6.45, 7) is 4.05. The first-order valence-electron chi connectivity index (χ1n) is 5.84. The molecular weight excluding hydrogens is 286 g/mol. The predicted octanol–water partition coefficient (Wildman–Crippen LogP) is 2.39. The fourth-order valence-electron chi connectivity index (χ4n) is 1.79. The Morgan fingerprint density at radius 3 is 2.37 bits per heavy atom. The Bertz CT molecular complexity index is 666. The Morgan fingerprint density at radius 2 is 1.84 bits per heavy atom. The van der Waals surface area contributed by atoms with E-state index in [1.54, 1.807) is 12.1 Å². The van der Waals surface area contributed by atoms with Gasteiger partial charge in [0.05, 0.1) is 0 Å². The lowest BCUT2D eigenvalue weighted by Gasteiger charge is -2.10. The third kappa shape index (κ3) is 3.13. The molecule has 0 unspecified atom stereocenters. The van der Waals surface area contributed by atoms with E-state index in [9.17, 15) is 8.42 Å². The van der Waals surface area contributed by atoms with Crippen LogP contribution in [0.3, 0.4) is 0 Å². The number of hydrogen-bond donors (Lipinski definition) is 0. The largest absolute Gasteiger partial charge is 0.297 e. The first kappa shape index (κ1) is 14.0. The molecule has 0 atom stereocenters. The van der Waals surface area contributed by atoms with Gasteiger partial charge in [0.25, 0.3) is 14.2 Å². The molecule has 5 nitrogen and oxygen atoms in total. The van der Waals surface area contributed by atoms with Gasteiger partial charge >= 0.3 is 0 Å². The summed E-state index contributed by atoms with van der Waals surface area (Å²) in [7, 11) is 1.48. The van der Waals surface area contributed by atoms with Crippen molar-refractivity contribution in [3.05, 3.63) is 36.2 Å². The van der Waals surface area contributed by atoms with Gasteiger partial charge in [-0.05, 0) is 18.1 Å². The molecule has 0 aliphatic heterocycles. The minimum atomic E-state index is -3.94. The third-order valence-corrected chi connectivity index (χ3v) is 3.64. The van der Waals surface area contributed by atoms with Crippen molar-refractivity contribution in [1.29, 1.82) is 0 Å². The fourth-order valence-corrected chi connectivity index (χ4v) is 2.66. The molecule has 0 fully saturated rings. The van der Waals surface area contributed by atoms with Crippen LogP contribution in [0.2, 0.25) is 0 Å². The predicted molar refractivity (Wildman–Crippen MR) is 72.9 cm³/mol. The molecule has 102 valence electrons. The number of aromatic nitrogens is 3. The average molecular weight is 300 g/mol. The van der Waals surface area contributed by atoms with Crippen LogP contribution < -0.4 is 0 Å². The van der Waals surface area contributed by atoms with Gasteiger partial charge in [-0.2, -0.15) is 0 Å². The number of benzene rings is 1. The molecule has 1 aromatic heterocycles. The lowest BCUT2D eigenvalue weighted by molar-refractivity contribution is 0.590. The van der Waals surface area contributed by atoms with Crippen molar-refractivity contribution >= 4 is 19.7 Å². The van der Waals surface area contributed by atoms with Crippen LogP contribution in [0.25, 0.3) is 5.69 Å². The molecule has 0 aliphatic carbocycles. The van der Waals surface area contributed by atoms with Crippen molar-refractivity contribution < 1.29 is 8.42 Å². The molecule has 1 heterocycles. The number of nitrogens with zero attached hydrogens (tertiary/aromatic N) is 3. The molecule has 0 radical (unpaired) electrons. The Labute approximate surface area is 116 Å². The molecule has 0 aliphatic rings. The zero-order valence-electron chi connectivity index (χ0n) is 10.6. The topological polar surface area (TPSA) is 64.8 Å². The van der Waals surface area contributed by atoms with E-state index in [-0.39, 0.29) is 5.16 Å². The van der Waals surface area contributed by atoms with Crippen LogP contribution in [0.5, 0.6) is 0 Å². The van der Waals surface area contributed by atoms with Crippen molar-refractivity contribution in [2.75, 3.05) is 0 Å². The van der Waals surface area contributed by atoms with Gasteiger partial charge < -0.3 is 0 Å². The highest BCUT2D eigenvalue weighted by Gasteiger charge is 2.23. The van der Waals surface area contributed by atoms with Gasteiger partial charge in [-0.15, -0.1) is 10.2 Å². The molecule has 2 rings (SSSR count). The third-order valence-electron chi connectivity index (χ3n) is 2.52. The van der Waals surface area contributed by atoms with Crippen molar-refractivity contribution in [2.45, 2.75) is 25.4 Å². The van der Waals surface area contributed by atoms with Gasteiger partial charge in [0, 0.05) is 22.8 Å². The SMILES string of the molecule is CC(C)Cc1nnc(S(=O)(=O)Cl)n1-c1ccccc1. The van der Waals surface area contributed by atoms with E-state index in [0.29, 0.717) is 23.9 Å². The van der Waals surface area contributed by atoms with E-state index in [4.69, 9.17) is 10.7 Å².